The van der Waals surface area contributed by atoms with Crippen LogP contribution in [0.3, 0.4) is 0 Å². The highest BCUT2D eigenvalue weighted by molar-refractivity contribution is 5.79. The Bertz CT molecular complexity index is 652. The van der Waals surface area contributed by atoms with Gasteiger partial charge in [0.25, 0.3) is 5.69 Å². The number of anilines is 1. The second-order valence-corrected chi connectivity index (χ2v) is 5.95. The Morgan fingerprint density at radius 1 is 1.43 bits per heavy atom. The highest BCUT2D eigenvalue weighted by Gasteiger charge is 2.21. The van der Waals surface area contributed by atoms with E-state index in [0.29, 0.717) is 17.4 Å². The number of nitrogens with one attached hydrogen (secondary N) is 2. The molecule has 1 aromatic carbocycles. The van der Waals surface area contributed by atoms with Crippen molar-refractivity contribution in [3.63, 3.8) is 0 Å². The minimum absolute atomic E-state index is 0.0820. The molecular weight excluding hydrogens is 268 g/mol. The summed E-state index contributed by atoms with van der Waals surface area (Å²) in [7, 11) is 0. The molecule has 1 aliphatic rings. The third-order valence-electron chi connectivity index (χ3n) is 4.50. The lowest BCUT2D eigenvalue weighted by Gasteiger charge is -2.28. The number of benzene rings is 1. The van der Waals surface area contributed by atoms with Gasteiger partial charge in [0.05, 0.1) is 16.0 Å². The summed E-state index contributed by atoms with van der Waals surface area (Å²) in [6.07, 6.45) is 5.22. The maximum Gasteiger partial charge on any atom is 0.271 e. The molecule has 1 heterocycles. The molecule has 2 aromatic rings. The van der Waals surface area contributed by atoms with Gasteiger partial charge in [-0.25, -0.2) is 4.98 Å². The molecule has 21 heavy (non-hydrogen) atoms. The summed E-state index contributed by atoms with van der Waals surface area (Å²) >= 11 is 0. The van der Waals surface area contributed by atoms with E-state index in [9.17, 15) is 10.1 Å². The molecule has 0 amide bonds. The Morgan fingerprint density at radius 2 is 2.24 bits per heavy atom. The zero-order valence-corrected chi connectivity index (χ0v) is 12.1. The number of hydrogen-bond acceptors (Lipinski definition) is 4. The number of H-pyrrole nitrogens is 1. The fraction of sp³-hybridized carbons (Fsp3) is 0.533. The Labute approximate surface area is 123 Å². The number of non-ortho nitro benzene ring substituents is 1. The molecule has 112 valence electrons. The maximum atomic E-state index is 10.8. The molecule has 0 radical (unpaired) electrons. The van der Waals surface area contributed by atoms with Crippen LogP contribution < -0.4 is 5.32 Å². The predicted octanol–water partition coefficient (Wildman–Crippen LogP) is 3.71. The van der Waals surface area contributed by atoms with E-state index in [-0.39, 0.29) is 5.69 Å². The molecule has 1 aromatic heterocycles. The zero-order valence-electron chi connectivity index (χ0n) is 12.1. The largest absolute Gasteiger partial charge is 0.356 e. The number of nitro groups is 1. The third kappa shape index (κ3) is 2.99. The van der Waals surface area contributed by atoms with Gasteiger partial charge < -0.3 is 10.3 Å². The van der Waals surface area contributed by atoms with Crippen LogP contribution in [0.1, 0.15) is 32.6 Å². The summed E-state index contributed by atoms with van der Waals surface area (Å²) in [6.45, 7) is 3.22. The summed E-state index contributed by atoms with van der Waals surface area (Å²) in [4.78, 5) is 17.9. The number of hydrogen-bond donors (Lipinski definition) is 2. The average molecular weight is 288 g/mol. The monoisotopic (exact) mass is 288 g/mol. The molecule has 0 aliphatic heterocycles. The number of rotatable bonds is 4. The first kappa shape index (κ1) is 13.9. The fourth-order valence-electron chi connectivity index (χ4n) is 3.12. The van der Waals surface area contributed by atoms with Crippen LogP contribution >= 0.6 is 0 Å². The van der Waals surface area contributed by atoms with Crippen molar-refractivity contribution in [2.24, 2.45) is 11.8 Å². The Hall–Kier alpha value is -2.11. The quantitative estimate of drug-likeness (QED) is 0.663. The molecule has 6 heteroatoms. The van der Waals surface area contributed by atoms with Crippen molar-refractivity contribution in [3.8, 4) is 0 Å². The molecular formula is C15H20N4O2. The smallest absolute Gasteiger partial charge is 0.271 e. The van der Waals surface area contributed by atoms with E-state index in [0.717, 1.165) is 18.0 Å². The summed E-state index contributed by atoms with van der Waals surface area (Å²) in [5.74, 6) is 2.13. The van der Waals surface area contributed by atoms with E-state index in [2.05, 4.69) is 22.2 Å². The molecule has 6 nitrogen and oxygen atoms in total. The van der Waals surface area contributed by atoms with Crippen LogP contribution in [0.25, 0.3) is 11.0 Å². The normalized spacial score (nSPS) is 22.3. The highest BCUT2D eigenvalue weighted by atomic mass is 16.6. The van der Waals surface area contributed by atoms with E-state index in [1.54, 1.807) is 6.07 Å². The van der Waals surface area contributed by atoms with Gasteiger partial charge in [0, 0.05) is 18.7 Å². The first-order chi connectivity index (χ1) is 10.1. The second-order valence-electron chi connectivity index (χ2n) is 5.95. The van der Waals surface area contributed by atoms with Crippen LogP contribution in [0, 0.1) is 22.0 Å². The summed E-state index contributed by atoms with van der Waals surface area (Å²) in [5, 5.41) is 14.1. The zero-order chi connectivity index (χ0) is 14.8. The summed E-state index contributed by atoms with van der Waals surface area (Å²) < 4.78 is 0. The molecule has 1 fully saturated rings. The van der Waals surface area contributed by atoms with E-state index in [1.807, 2.05) is 0 Å². The molecule has 2 atom stereocenters. The SMILES string of the molecule is CC1CCCCC1CNc1nc2ccc([N+](=O)[O-])cc2[nH]1. The average Bonchev–Trinajstić information content (AvgIpc) is 2.88. The fourth-order valence-corrected chi connectivity index (χ4v) is 3.12. The molecule has 0 saturated heterocycles. The predicted molar refractivity (Wildman–Crippen MR) is 82.4 cm³/mol. The minimum Gasteiger partial charge on any atom is -0.356 e. The van der Waals surface area contributed by atoms with Crippen LogP contribution in [0.15, 0.2) is 18.2 Å². The number of aromatic amines is 1. The molecule has 0 bridgehead atoms. The van der Waals surface area contributed by atoms with Gasteiger partial charge in [-0.05, 0) is 24.3 Å². The van der Waals surface area contributed by atoms with E-state index < -0.39 is 4.92 Å². The number of nitro benzene ring substituents is 1. The standard InChI is InChI=1S/C15H20N4O2/c1-10-4-2-3-5-11(10)9-16-15-17-13-7-6-12(19(20)21)8-14(13)18-15/h6-8,10-11H,2-5,9H2,1H3,(H2,16,17,18). The van der Waals surface area contributed by atoms with Gasteiger partial charge >= 0.3 is 0 Å². The summed E-state index contributed by atoms with van der Waals surface area (Å²) in [5.41, 5.74) is 1.53. The van der Waals surface area contributed by atoms with Crippen LogP contribution in [0.5, 0.6) is 0 Å². The molecule has 1 aliphatic carbocycles. The van der Waals surface area contributed by atoms with Crippen LogP contribution in [-0.4, -0.2) is 21.4 Å². The van der Waals surface area contributed by atoms with E-state index >= 15 is 0 Å². The maximum absolute atomic E-state index is 10.8. The number of aromatic nitrogens is 2. The third-order valence-corrected chi connectivity index (χ3v) is 4.50. The van der Waals surface area contributed by atoms with Gasteiger partial charge in [0.15, 0.2) is 0 Å². The van der Waals surface area contributed by atoms with Gasteiger partial charge in [-0.2, -0.15) is 0 Å². The lowest BCUT2D eigenvalue weighted by Crippen LogP contribution is -2.24. The Balaban J connectivity index is 1.71. The minimum atomic E-state index is -0.392. The van der Waals surface area contributed by atoms with Crippen molar-refractivity contribution in [1.29, 1.82) is 0 Å². The van der Waals surface area contributed by atoms with Crippen molar-refractivity contribution in [2.45, 2.75) is 32.6 Å². The number of fused-ring (bicyclic) bond motifs is 1. The number of imidazole rings is 1. The van der Waals surface area contributed by atoms with Crippen LogP contribution in [0.2, 0.25) is 0 Å². The van der Waals surface area contributed by atoms with Crippen molar-refractivity contribution in [1.82, 2.24) is 9.97 Å². The molecule has 3 rings (SSSR count). The lowest BCUT2D eigenvalue weighted by molar-refractivity contribution is -0.384. The van der Waals surface area contributed by atoms with Gasteiger partial charge in [0.2, 0.25) is 5.95 Å². The van der Waals surface area contributed by atoms with Gasteiger partial charge in [-0.15, -0.1) is 0 Å². The van der Waals surface area contributed by atoms with Crippen molar-refractivity contribution in [3.05, 3.63) is 28.3 Å². The van der Waals surface area contributed by atoms with Crippen LogP contribution in [0.4, 0.5) is 11.6 Å². The van der Waals surface area contributed by atoms with Crippen LogP contribution in [-0.2, 0) is 0 Å². The molecule has 1 saturated carbocycles. The van der Waals surface area contributed by atoms with Gasteiger partial charge in [0.1, 0.15) is 0 Å². The first-order valence-corrected chi connectivity index (χ1v) is 7.51. The van der Waals surface area contributed by atoms with Crippen molar-refractivity contribution < 1.29 is 4.92 Å². The van der Waals surface area contributed by atoms with Crippen molar-refractivity contribution in [2.75, 3.05) is 11.9 Å². The molecule has 2 N–H and O–H groups in total. The lowest BCUT2D eigenvalue weighted by atomic mass is 9.80. The Kier molecular flexibility index (Phi) is 3.77. The van der Waals surface area contributed by atoms with Crippen molar-refractivity contribution >= 4 is 22.7 Å². The second kappa shape index (κ2) is 5.71. The topological polar surface area (TPSA) is 83.8 Å². The number of nitrogens with zero attached hydrogens (tertiary/aromatic N) is 2. The first-order valence-electron chi connectivity index (χ1n) is 7.51. The van der Waals surface area contributed by atoms with E-state index in [1.165, 1.54) is 37.8 Å². The summed E-state index contributed by atoms with van der Waals surface area (Å²) in [6, 6.07) is 4.69. The highest BCUT2D eigenvalue weighted by Crippen LogP contribution is 2.29. The molecule has 2 unspecified atom stereocenters. The van der Waals surface area contributed by atoms with E-state index in [4.69, 9.17) is 0 Å². The van der Waals surface area contributed by atoms with Gasteiger partial charge in [-0.3, -0.25) is 10.1 Å². The molecule has 0 spiro atoms. The van der Waals surface area contributed by atoms with Gasteiger partial charge in [-0.1, -0.05) is 26.2 Å². The Morgan fingerprint density at radius 3 is 3.00 bits per heavy atom.